The molecule has 0 heterocycles. The molecular formula is C28H43NO. The summed E-state index contributed by atoms with van der Waals surface area (Å²) >= 11 is 0. The highest BCUT2D eigenvalue weighted by Gasteiger charge is 2.02. The summed E-state index contributed by atoms with van der Waals surface area (Å²) in [6.07, 6.45) is 17.0. The average molecular weight is 410 g/mol. The quantitative estimate of drug-likeness (QED) is 0.259. The summed E-state index contributed by atoms with van der Waals surface area (Å²) in [5.74, 6) is 0.902. The van der Waals surface area contributed by atoms with Crippen molar-refractivity contribution in [2.45, 2.75) is 68.2 Å². The molecule has 0 aromatic heterocycles. The van der Waals surface area contributed by atoms with Crippen LogP contribution in [-0.2, 0) is 4.74 Å². The van der Waals surface area contributed by atoms with Crippen molar-refractivity contribution in [1.29, 1.82) is 0 Å². The zero-order valence-corrected chi connectivity index (χ0v) is 20.8. The molecule has 0 fully saturated rings. The molecule has 0 bridgehead atoms. The SMILES string of the molecule is C=C(\C=C/C(C)=C(C)\C(C)=C\C=C(\C)CC)NCC(=C/C)/C(=C\C=C(/C)OC)CC. The molecule has 0 rings (SSSR count). The minimum absolute atomic E-state index is 0.751. The Morgan fingerprint density at radius 3 is 2.07 bits per heavy atom. The first kappa shape index (κ1) is 27.5. The zero-order chi connectivity index (χ0) is 23.1. The Kier molecular flexibility index (Phi) is 14.1. The Bertz CT molecular complexity index is 779. The van der Waals surface area contributed by atoms with E-state index in [1.165, 1.54) is 33.4 Å². The maximum atomic E-state index is 5.23. The fourth-order valence-electron chi connectivity index (χ4n) is 2.58. The molecule has 0 aliphatic carbocycles. The van der Waals surface area contributed by atoms with Crippen LogP contribution >= 0.6 is 0 Å². The summed E-state index contributed by atoms with van der Waals surface area (Å²) in [5, 5.41) is 3.43. The van der Waals surface area contributed by atoms with Gasteiger partial charge >= 0.3 is 0 Å². The van der Waals surface area contributed by atoms with E-state index in [-0.39, 0.29) is 0 Å². The van der Waals surface area contributed by atoms with E-state index >= 15 is 0 Å². The minimum atomic E-state index is 0.751. The van der Waals surface area contributed by atoms with E-state index in [0.29, 0.717) is 0 Å². The van der Waals surface area contributed by atoms with E-state index in [2.05, 4.69) is 96.8 Å². The lowest BCUT2D eigenvalue weighted by atomic mass is 10.0. The number of methoxy groups -OCH3 is 1. The Labute approximate surface area is 186 Å². The molecule has 0 radical (unpaired) electrons. The van der Waals surface area contributed by atoms with Crippen LogP contribution in [0.15, 0.2) is 94.0 Å². The Balaban J connectivity index is 5.13. The predicted octanol–water partition coefficient (Wildman–Crippen LogP) is 8.12. The number of allylic oxidation sites excluding steroid dienone is 12. The topological polar surface area (TPSA) is 21.3 Å². The van der Waals surface area contributed by atoms with Crippen molar-refractivity contribution in [1.82, 2.24) is 5.32 Å². The first-order valence-electron chi connectivity index (χ1n) is 10.9. The van der Waals surface area contributed by atoms with Gasteiger partial charge in [-0.1, -0.05) is 56.4 Å². The molecule has 0 aliphatic rings. The molecule has 0 aromatic rings. The van der Waals surface area contributed by atoms with Gasteiger partial charge in [0, 0.05) is 12.2 Å². The van der Waals surface area contributed by atoms with Gasteiger partial charge in [-0.25, -0.2) is 0 Å². The smallest absolute Gasteiger partial charge is 0.0924 e. The lowest BCUT2D eigenvalue weighted by Crippen LogP contribution is -2.15. The number of hydrogen-bond acceptors (Lipinski definition) is 2. The second-order valence-corrected chi connectivity index (χ2v) is 7.58. The highest BCUT2D eigenvalue weighted by molar-refractivity contribution is 5.40. The van der Waals surface area contributed by atoms with Gasteiger partial charge in [-0.15, -0.1) is 0 Å². The van der Waals surface area contributed by atoms with Crippen LogP contribution < -0.4 is 5.32 Å². The van der Waals surface area contributed by atoms with Gasteiger partial charge in [0.25, 0.3) is 0 Å². The molecule has 1 N–H and O–H groups in total. The maximum absolute atomic E-state index is 5.23. The summed E-state index contributed by atoms with van der Waals surface area (Å²) in [5.41, 5.74) is 8.69. The molecule has 0 unspecified atom stereocenters. The molecule has 166 valence electrons. The zero-order valence-electron chi connectivity index (χ0n) is 20.8. The summed E-state index contributed by atoms with van der Waals surface area (Å²) < 4.78 is 5.23. The van der Waals surface area contributed by atoms with Crippen molar-refractivity contribution in [2.75, 3.05) is 13.7 Å². The molecule has 2 nitrogen and oxygen atoms in total. The van der Waals surface area contributed by atoms with Crippen LogP contribution in [0.3, 0.4) is 0 Å². The summed E-state index contributed by atoms with van der Waals surface area (Å²) in [6.45, 7) is 21.9. The van der Waals surface area contributed by atoms with Crippen LogP contribution in [0.25, 0.3) is 0 Å². The van der Waals surface area contributed by atoms with Gasteiger partial charge in [0.05, 0.1) is 12.9 Å². The van der Waals surface area contributed by atoms with E-state index in [1.807, 2.05) is 13.0 Å². The van der Waals surface area contributed by atoms with Crippen LogP contribution in [0.4, 0.5) is 0 Å². The van der Waals surface area contributed by atoms with Crippen LogP contribution in [-0.4, -0.2) is 13.7 Å². The van der Waals surface area contributed by atoms with Crippen LogP contribution in [0.2, 0.25) is 0 Å². The van der Waals surface area contributed by atoms with Crippen molar-refractivity contribution >= 4 is 0 Å². The second kappa shape index (κ2) is 15.4. The molecule has 0 spiro atoms. The Morgan fingerprint density at radius 1 is 0.867 bits per heavy atom. The van der Waals surface area contributed by atoms with Crippen LogP contribution in [0.5, 0.6) is 0 Å². The largest absolute Gasteiger partial charge is 0.501 e. The average Bonchev–Trinajstić information content (AvgIpc) is 2.76. The van der Waals surface area contributed by atoms with Gasteiger partial charge in [0.2, 0.25) is 0 Å². The third-order valence-electron chi connectivity index (χ3n) is 5.38. The second-order valence-electron chi connectivity index (χ2n) is 7.58. The fraction of sp³-hybridized carbons (Fsp3) is 0.429. The van der Waals surface area contributed by atoms with Gasteiger partial charge < -0.3 is 10.1 Å². The summed E-state index contributed by atoms with van der Waals surface area (Å²) in [6, 6.07) is 0. The van der Waals surface area contributed by atoms with Gasteiger partial charge in [0.1, 0.15) is 0 Å². The molecule has 0 aliphatic heterocycles. The lowest BCUT2D eigenvalue weighted by molar-refractivity contribution is 0.294. The number of nitrogens with one attached hydrogen (secondary N) is 1. The molecule has 0 saturated carbocycles. The van der Waals surface area contributed by atoms with Crippen LogP contribution in [0.1, 0.15) is 68.2 Å². The number of ether oxygens (including phenoxy) is 1. The molecule has 0 amide bonds. The number of hydrogen-bond donors (Lipinski definition) is 1. The monoisotopic (exact) mass is 409 g/mol. The van der Waals surface area contributed by atoms with Gasteiger partial charge in [-0.2, -0.15) is 0 Å². The Hall–Kier alpha value is -2.48. The number of rotatable bonds is 12. The van der Waals surface area contributed by atoms with Gasteiger partial charge in [-0.05, 0) is 94.4 Å². The van der Waals surface area contributed by atoms with Crippen molar-refractivity contribution in [2.24, 2.45) is 0 Å². The molecule has 2 heteroatoms. The first-order valence-corrected chi connectivity index (χ1v) is 10.9. The first-order chi connectivity index (χ1) is 14.2. The Morgan fingerprint density at radius 2 is 1.53 bits per heavy atom. The molecule has 30 heavy (non-hydrogen) atoms. The van der Waals surface area contributed by atoms with E-state index in [1.54, 1.807) is 7.11 Å². The minimum Gasteiger partial charge on any atom is -0.501 e. The highest BCUT2D eigenvalue weighted by Crippen LogP contribution is 2.17. The van der Waals surface area contributed by atoms with Crippen molar-refractivity contribution in [3.63, 3.8) is 0 Å². The van der Waals surface area contributed by atoms with Crippen molar-refractivity contribution < 1.29 is 4.74 Å². The van der Waals surface area contributed by atoms with E-state index < -0.39 is 0 Å². The van der Waals surface area contributed by atoms with Crippen molar-refractivity contribution in [3.05, 3.63) is 94.0 Å². The molecule has 0 saturated heterocycles. The van der Waals surface area contributed by atoms with Gasteiger partial charge in [0.15, 0.2) is 0 Å². The van der Waals surface area contributed by atoms with E-state index in [9.17, 15) is 0 Å². The fourth-order valence-corrected chi connectivity index (χ4v) is 2.58. The van der Waals surface area contributed by atoms with Crippen molar-refractivity contribution in [3.8, 4) is 0 Å². The lowest BCUT2D eigenvalue weighted by Gasteiger charge is -2.13. The van der Waals surface area contributed by atoms with E-state index in [4.69, 9.17) is 4.74 Å². The standard InChI is InChI=1S/C28H43NO/c1-11-21(4)14-15-22(5)26(9)23(6)16-17-24(7)29-20-28(13-3)27(12-2)19-18-25(8)30-10/h13-19,29H,7,11-12,20H2,1-6,8-10H3/b17-16-,21-14-,22-15+,25-18+,26-23-,27-19-,28-13-. The third kappa shape index (κ3) is 10.9. The highest BCUT2D eigenvalue weighted by atomic mass is 16.5. The molecular weight excluding hydrogens is 366 g/mol. The van der Waals surface area contributed by atoms with Crippen LogP contribution in [0, 0.1) is 0 Å². The summed E-state index contributed by atoms with van der Waals surface area (Å²) in [7, 11) is 1.69. The summed E-state index contributed by atoms with van der Waals surface area (Å²) in [4.78, 5) is 0. The predicted molar refractivity (Wildman–Crippen MR) is 135 cm³/mol. The van der Waals surface area contributed by atoms with E-state index in [0.717, 1.165) is 30.8 Å². The molecule has 0 aromatic carbocycles. The normalized spacial score (nSPS) is 15.4. The molecule has 0 atom stereocenters. The maximum Gasteiger partial charge on any atom is 0.0924 e. The third-order valence-corrected chi connectivity index (χ3v) is 5.38. The van der Waals surface area contributed by atoms with Gasteiger partial charge in [-0.3, -0.25) is 0 Å².